The lowest BCUT2D eigenvalue weighted by molar-refractivity contribution is -0.661. The minimum absolute atomic E-state index is 0.0218. The molecule has 0 radical (unpaired) electrons. The largest absolute Gasteiger partial charge is 0.215 e. The molecule has 0 amide bonds. The summed E-state index contributed by atoms with van der Waals surface area (Å²) < 4.78 is 239. The van der Waals surface area contributed by atoms with Crippen LogP contribution in [0.15, 0.2) is 122 Å². The van der Waals surface area contributed by atoms with E-state index in [0.29, 0.717) is 27.8 Å². The van der Waals surface area contributed by atoms with Gasteiger partial charge >= 0.3 is 0 Å². The van der Waals surface area contributed by atoms with Crippen molar-refractivity contribution in [3.8, 4) is 45.0 Å². The van der Waals surface area contributed by atoms with Gasteiger partial charge in [-0.2, -0.15) is 0 Å². The summed E-state index contributed by atoms with van der Waals surface area (Å²) in [5.74, 6) is -7.44. The molecule has 4 atom stereocenters. The SMILES string of the molecule is [2H]C([2H])([2H])Cc1ccc(-c2cc(C)c(C([2H])(C)C([2H])([2H])[2H])c[n+]2C)c(C)c1.[2H]C([2H])([2H])c1cc(C)c(-c2ccc(C([2H])(C)C([2H])([2H])[2H])cc2C)[n+](C)c1.[2H]C([2H])([2H])c1cc(C)c(-c2ccc(C([2H])([2H])C([2H])(C)C([2H])([2H])[2H])cc2C)[n+](C)c1.[2H]C([2H])([2H])c1ccc(-c2cc(C)c(C([2H])(C)C([2H])([2H])[2H])c[n+]2C)c(C)c1. The van der Waals surface area contributed by atoms with Crippen LogP contribution in [0.4, 0.5) is 0 Å². The van der Waals surface area contributed by atoms with Crippen molar-refractivity contribution in [3.63, 3.8) is 0 Å². The van der Waals surface area contributed by atoms with Crippen LogP contribution in [0.5, 0.6) is 0 Å². The second kappa shape index (κ2) is 27.4. The molecule has 412 valence electrons. The van der Waals surface area contributed by atoms with Crippen LogP contribution in [0.1, 0.15) is 210 Å². The van der Waals surface area contributed by atoms with E-state index in [2.05, 4.69) is 0 Å². The van der Waals surface area contributed by atoms with Crippen LogP contribution in [-0.4, -0.2) is 0 Å². The molecule has 0 aliphatic rings. The third-order valence-corrected chi connectivity index (χ3v) is 13.6. The molecule has 0 aliphatic heterocycles. The number of benzene rings is 4. The lowest BCUT2D eigenvalue weighted by Crippen LogP contribution is -2.32. The standard InChI is InChI=1S/2C19H26N.2C18H24N/c1-13(2)9-17-7-8-18(15(4)11-17)19-16(5)10-14(3)12-20(19)6;1-7-16-8-9-17(14(4)10-16)19-11-15(5)18(13(2)3)12-20(19)6;1-12(2)16-7-8-17(14(4)10-16)18-15(5)9-13(3)11-19(18)6;1-12(2)17-11-19(6)18(10-15(17)5)16-8-7-13(3)9-14(16)4/h7-8,10-13H,9H2,1-6H3;8-13H,7H2,1-6H3;2*7-12H,1-6H3/q4*+1/i1D3,3D3,9D2,13D;1D3,2D3,13D;2*1D3,3D3,12D. The van der Waals surface area contributed by atoms with Crippen molar-refractivity contribution in [3.05, 3.63) is 211 Å². The first-order chi connectivity index (χ1) is 48.4. The Morgan fingerprint density at radius 1 is 0.410 bits per heavy atom. The van der Waals surface area contributed by atoms with Crippen molar-refractivity contribution in [2.75, 3.05) is 0 Å². The van der Waals surface area contributed by atoms with Crippen LogP contribution in [0.3, 0.4) is 0 Å². The minimum atomic E-state index is -2.79. The van der Waals surface area contributed by atoms with E-state index in [1.165, 1.54) is 26.8 Å². The maximum absolute atomic E-state index is 8.36. The molecule has 0 saturated carbocycles. The first-order valence-corrected chi connectivity index (χ1v) is 25.8. The Hall–Kier alpha value is -6.52. The average molecular weight is 1080 g/mol. The highest BCUT2D eigenvalue weighted by atomic mass is 14.9. The first-order valence-electron chi connectivity index (χ1n) is 40.8. The lowest BCUT2D eigenvalue weighted by atomic mass is 9.94. The van der Waals surface area contributed by atoms with Gasteiger partial charge in [-0.25, -0.2) is 18.3 Å². The van der Waals surface area contributed by atoms with Gasteiger partial charge in [-0.1, -0.05) is 116 Å². The average Bonchev–Trinajstić information content (AvgIpc) is 0.760. The smallest absolute Gasteiger partial charge is 0.201 e. The van der Waals surface area contributed by atoms with Gasteiger partial charge in [-0.05, 0) is 199 Å². The van der Waals surface area contributed by atoms with Crippen LogP contribution in [-0.2, 0) is 41.0 Å². The molecular weight excluding hydrogens is 945 g/mol. The van der Waals surface area contributed by atoms with Crippen LogP contribution < -0.4 is 18.3 Å². The maximum atomic E-state index is 8.36. The summed E-state index contributed by atoms with van der Waals surface area (Å²) in [6.07, 6.45) is 4.16. The third kappa shape index (κ3) is 15.8. The number of hydrogen-bond acceptors (Lipinski definition) is 0. The third-order valence-electron chi connectivity index (χ3n) is 13.6. The molecule has 0 saturated heterocycles. The summed E-state index contributed by atoms with van der Waals surface area (Å²) >= 11 is 0. The lowest BCUT2D eigenvalue weighted by Gasteiger charge is -2.11. The number of rotatable bonds is 10. The van der Waals surface area contributed by atoms with E-state index < -0.39 is 84.8 Å². The van der Waals surface area contributed by atoms with Gasteiger partial charge in [-0.3, -0.25) is 0 Å². The van der Waals surface area contributed by atoms with Gasteiger partial charge in [0.05, 0.1) is 0 Å². The van der Waals surface area contributed by atoms with Crippen molar-refractivity contribution in [2.24, 2.45) is 34.1 Å². The van der Waals surface area contributed by atoms with Crippen LogP contribution in [0, 0.1) is 81.8 Å². The van der Waals surface area contributed by atoms with Gasteiger partial charge in [0.2, 0.25) is 22.8 Å². The molecule has 0 aliphatic carbocycles. The molecule has 0 N–H and O–H groups in total. The molecule has 0 fully saturated rings. The fourth-order valence-corrected chi connectivity index (χ4v) is 9.87. The van der Waals surface area contributed by atoms with E-state index in [9.17, 15) is 0 Å². The molecule has 4 aromatic heterocycles. The topological polar surface area (TPSA) is 15.5 Å². The van der Waals surface area contributed by atoms with Crippen molar-refractivity contribution in [1.29, 1.82) is 0 Å². The number of aryl methyl sites for hydroxylation is 16. The van der Waals surface area contributed by atoms with Gasteiger partial charge < -0.3 is 0 Å². The van der Waals surface area contributed by atoms with E-state index in [-0.39, 0.29) is 28.7 Å². The molecule has 78 heavy (non-hydrogen) atoms. The van der Waals surface area contributed by atoms with Crippen molar-refractivity contribution in [2.45, 2.75) is 168 Å². The quantitative estimate of drug-likeness (QED) is 0.121. The summed E-state index contributed by atoms with van der Waals surface area (Å²) in [5, 5.41) is 0. The minimum Gasteiger partial charge on any atom is -0.201 e. The van der Waals surface area contributed by atoms with E-state index in [1.54, 1.807) is 134 Å². The highest BCUT2D eigenvalue weighted by Gasteiger charge is 2.21. The predicted octanol–water partition coefficient (Wildman–Crippen LogP) is 17.2. The fourth-order valence-electron chi connectivity index (χ4n) is 9.87. The number of nitrogens with zero attached hydrogens (tertiary/aromatic N) is 4. The Morgan fingerprint density at radius 3 is 1.28 bits per heavy atom. The van der Waals surface area contributed by atoms with E-state index >= 15 is 0 Å². The zero-order valence-corrected chi connectivity index (χ0v) is 48.5. The van der Waals surface area contributed by atoms with Gasteiger partial charge in [0.25, 0.3) is 0 Å². The van der Waals surface area contributed by atoms with E-state index in [0.717, 1.165) is 90.9 Å². The first kappa shape index (κ1) is 31.9. The summed E-state index contributed by atoms with van der Waals surface area (Å²) in [6.45, 7) is 1.35. The Labute approximate surface area is 517 Å². The molecule has 8 rings (SSSR count). The monoisotopic (exact) mass is 1070 g/mol. The second-order valence-electron chi connectivity index (χ2n) is 20.5. The van der Waals surface area contributed by atoms with Gasteiger partial charge in [0.1, 0.15) is 28.2 Å². The Morgan fingerprint density at radius 2 is 0.846 bits per heavy atom. The van der Waals surface area contributed by atoms with Crippen molar-refractivity contribution < 1.29 is 59.4 Å². The summed E-state index contributed by atoms with van der Waals surface area (Å²) in [7, 11) is 7.16. The molecule has 4 nitrogen and oxygen atoms in total. The Balaban J connectivity index is 0.000000258. The van der Waals surface area contributed by atoms with Crippen LogP contribution in [0.2, 0.25) is 0 Å². The highest BCUT2D eigenvalue weighted by molar-refractivity contribution is 5.67. The fraction of sp³-hybridized carbons (Fsp3) is 0.405. The van der Waals surface area contributed by atoms with Gasteiger partial charge in [-0.15, -0.1) is 0 Å². The molecule has 4 heteroatoms. The number of hydrogen-bond donors (Lipinski definition) is 0. The zero-order valence-electron chi connectivity index (χ0n) is 78.5. The van der Waals surface area contributed by atoms with Crippen LogP contribution >= 0.6 is 0 Å². The Kier molecular flexibility index (Phi) is 11.2. The molecule has 0 spiro atoms. The summed E-state index contributed by atoms with van der Waals surface area (Å²) in [5.41, 5.74) is 16.2. The molecule has 4 unspecified atom stereocenters. The summed E-state index contributed by atoms with van der Waals surface area (Å²) in [6, 6.07) is 27.6. The highest BCUT2D eigenvalue weighted by Crippen LogP contribution is 2.30. The summed E-state index contributed by atoms with van der Waals surface area (Å²) in [4.78, 5) is 0. The number of aromatic nitrogens is 4. The molecular formula is C74H100N4+4. The predicted molar refractivity (Wildman–Crippen MR) is 335 cm³/mol. The molecule has 4 aromatic carbocycles. The van der Waals surface area contributed by atoms with Gasteiger partial charge in [0.15, 0.2) is 24.8 Å². The Bertz CT molecular complexity index is 4550. The maximum Gasteiger partial charge on any atom is 0.215 e. The number of pyridine rings is 4. The van der Waals surface area contributed by atoms with E-state index in [1.807, 2.05) is 83.5 Å². The van der Waals surface area contributed by atoms with Crippen molar-refractivity contribution >= 4 is 0 Å². The van der Waals surface area contributed by atoms with Gasteiger partial charge in [0, 0.05) is 109 Å². The van der Waals surface area contributed by atoms with E-state index in [4.69, 9.17) is 41.1 Å². The molecule has 8 aromatic rings. The van der Waals surface area contributed by atoms with Crippen LogP contribution in [0.25, 0.3) is 45.0 Å². The van der Waals surface area contributed by atoms with Crippen molar-refractivity contribution in [1.82, 2.24) is 0 Å². The zero-order chi connectivity index (χ0) is 83.5. The second-order valence-corrected chi connectivity index (χ2v) is 20.5. The molecule has 0 bridgehead atoms. The molecule has 4 heterocycles. The normalized spacial score (nSPS) is 21.3.